The molecule has 2 unspecified atom stereocenters. The van der Waals surface area contributed by atoms with Crippen LogP contribution in [0.3, 0.4) is 0 Å². The molecule has 0 spiro atoms. The number of fused-ring (bicyclic) bond motifs is 1. The van der Waals surface area contributed by atoms with Crippen LogP contribution in [0.4, 0.5) is 23.5 Å². The fraction of sp³-hybridized carbons (Fsp3) is 0.316. The lowest BCUT2D eigenvalue weighted by molar-refractivity contribution is -0.137. The number of amides is 2. The maximum Gasteiger partial charge on any atom is 0.416 e. The molecule has 2 atom stereocenters. The van der Waals surface area contributed by atoms with Gasteiger partial charge in [-0.15, -0.1) is 0 Å². The molecule has 31 heavy (non-hydrogen) atoms. The number of aromatic amines is 1. The monoisotopic (exact) mass is 436 g/mol. The first-order chi connectivity index (χ1) is 14.7. The molecule has 1 fully saturated rings. The zero-order valence-electron chi connectivity index (χ0n) is 15.9. The van der Waals surface area contributed by atoms with E-state index >= 15 is 0 Å². The molecule has 0 aliphatic heterocycles. The van der Waals surface area contributed by atoms with Gasteiger partial charge in [-0.25, -0.2) is 9.37 Å². The van der Waals surface area contributed by atoms with Crippen molar-refractivity contribution in [2.45, 2.75) is 18.8 Å². The summed E-state index contributed by atoms with van der Waals surface area (Å²) < 4.78 is 51.6. The second-order valence-electron chi connectivity index (χ2n) is 7.19. The molecule has 12 heteroatoms. The van der Waals surface area contributed by atoms with Gasteiger partial charge in [0.2, 0.25) is 11.9 Å². The first-order valence-electron chi connectivity index (χ1n) is 9.27. The summed E-state index contributed by atoms with van der Waals surface area (Å²) in [4.78, 5) is 34.4. The molecule has 3 aromatic rings. The summed E-state index contributed by atoms with van der Waals surface area (Å²) in [6.07, 6.45) is -2.39. The summed E-state index contributed by atoms with van der Waals surface area (Å²) in [6, 6.07) is 3.64. The number of benzene rings is 1. The number of H-pyrrole nitrogens is 1. The summed E-state index contributed by atoms with van der Waals surface area (Å²) in [7, 11) is 0. The minimum Gasteiger partial charge on any atom is -0.329 e. The van der Waals surface area contributed by atoms with Crippen molar-refractivity contribution < 1.29 is 27.2 Å². The molecule has 2 N–H and O–H groups in total. The van der Waals surface area contributed by atoms with Crippen molar-refractivity contribution >= 4 is 28.8 Å². The van der Waals surface area contributed by atoms with Crippen LogP contribution in [0, 0.1) is 5.92 Å². The van der Waals surface area contributed by atoms with Gasteiger partial charge < -0.3 is 4.90 Å². The number of hydrogen-bond acceptors (Lipinski definition) is 5. The highest BCUT2D eigenvalue weighted by molar-refractivity contribution is 5.99. The molecule has 2 heterocycles. The Morgan fingerprint density at radius 1 is 1.19 bits per heavy atom. The number of nitrogens with one attached hydrogen (secondary N) is 2. The predicted molar refractivity (Wildman–Crippen MR) is 101 cm³/mol. The molecule has 8 nitrogen and oxygen atoms in total. The summed E-state index contributed by atoms with van der Waals surface area (Å²) in [6.45, 7) is -0.470. The van der Waals surface area contributed by atoms with Crippen LogP contribution < -0.4 is 5.32 Å². The zero-order valence-corrected chi connectivity index (χ0v) is 15.9. The molecule has 0 bridgehead atoms. The van der Waals surface area contributed by atoms with Crippen molar-refractivity contribution in [1.82, 2.24) is 25.1 Å². The van der Waals surface area contributed by atoms with E-state index in [1.807, 2.05) is 0 Å². The Morgan fingerprint density at radius 3 is 2.55 bits per heavy atom. The number of carbonyl (C=O) groups excluding carboxylic acids is 2. The van der Waals surface area contributed by atoms with E-state index in [2.05, 4.69) is 25.5 Å². The molecule has 2 amide bonds. The first kappa shape index (κ1) is 20.7. The van der Waals surface area contributed by atoms with Crippen molar-refractivity contribution in [3.8, 4) is 0 Å². The van der Waals surface area contributed by atoms with Gasteiger partial charge in [0.15, 0.2) is 5.65 Å². The third-order valence-corrected chi connectivity index (χ3v) is 4.81. The average Bonchev–Trinajstić information content (AvgIpc) is 3.22. The van der Waals surface area contributed by atoms with Crippen molar-refractivity contribution in [2.24, 2.45) is 5.92 Å². The second kappa shape index (κ2) is 7.93. The van der Waals surface area contributed by atoms with Crippen LogP contribution in [-0.4, -0.2) is 56.1 Å². The molecule has 1 aliphatic rings. The maximum absolute atomic E-state index is 13.4. The van der Waals surface area contributed by atoms with Crippen LogP contribution in [0.25, 0.3) is 11.0 Å². The third-order valence-electron chi connectivity index (χ3n) is 4.81. The molecular weight excluding hydrogens is 420 g/mol. The topological polar surface area (TPSA) is 104 Å². The van der Waals surface area contributed by atoms with Crippen molar-refractivity contribution in [3.05, 3.63) is 47.8 Å². The number of carbonyl (C=O) groups is 2. The van der Waals surface area contributed by atoms with Gasteiger partial charge in [-0.2, -0.15) is 23.3 Å². The zero-order chi connectivity index (χ0) is 22.2. The molecule has 2 aromatic heterocycles. The molecule has 0 saturated heterocycles. The van der Waals surface area contributed by atoms with E-state index in [4.69, 9.17) is 0 Å². The minimum absolute atomic E-state index is 0.0153. The van der Waals surface area contributed by atoms with E-state index in [1.165, 1.54) is 12.4 Å². The number of nitrogens with zero attached hydrogens (tertiary/aromatic N) is 4. The van der Waals surface area contributed by atoms with Crippen LogP contribution in [-0.2, 0) is 11.0 Å². The third kappa shape index (κ3) is 4.78. The summed E-state index contributed by atoms with van der Waals surface area (Å²) in [5.41, 5.74) is -0.529. The Kier molecular flexibility index (Phi) is 5.29. The maximum atomic E-state index is 13.4. The van der Waals surface area contributed by atoms with Gasteiger partial charge >= 0.3 is 6.18 Å². The SMILES string of the molecule is O=C(CN(CC1CC1F)C(=O)c1ccc(C(F)(F)F)cc1)Nc1ncc2cn[nH]c2n1. The number of halogens is 4. The lowest BCUT2D eigenvalue weighted by Crippen LogP contribution is -2.39. The van der Waals surface area contributed by atoms with Crippen molar-refractivity contribution in [1.29, 1.82) is 0 Å². The highest BCUT2D eigenvalue weighted by Gasteiger charge is 2.40. The lowest BCUT2D eigenvalue weighted by Gasteiger charge is -2.22. The summed E-state index contributed by atoms with van der Waals surface area (Å²) in [5, 5.41) is 9.51. The Bertz CT molecular complexity index is 1110. The fourth-order valence-corrected chi connectivity index (χ4v) is 3.02. The standard InChI is InChI=1S/C19H16F4N6O2/c20-14-5-11(14)8-29(17(31)10-1-3-13(4-2-10)19(21,22)23)9-15(30)26-18-24-6-12-7-25-28-16(12)27-18/h1-4,6-7,11,14H,5,8-9H2,(H2,24,25,26,27,28,30). The first-order valence-corrected chi connectivity index (χ1v) is 9.27. The van der Waals surface area contributed by atoms with Crippen molar-refractivity contribution in [2.75, 3.05) is 18.4 Å². The molecular formula is C19H16F4N6O2. The van der Waals surface area contributed by atoms with Gasteiger partial charge in [0, 0.05) is 24.2 Å². The fourth-order valence-electron chi connectivity index (χ4n) is 3.02. The summed E-state index contributed by atoms with van der Waals surface area (Å²) in [5.74, 6) is -1.73. The Hall–Kier alpha value is -3.57. The van der Waals surface area contributed by atoms with Gasteiger partial charge in [0.05, 0.1) is 17.1 Å². The minimum atomic E-state index is -4.54. The van der Waals surface area contributed by atoms with Crippen LogP contribution in [0.1, 0.15) is 22.3 Å². The summed E-state index contributed by atoms with van der Waals surface area (Å²) >= 11 is 0. The largest absolute Gasteiger partial charge is 0.416 e. The van der Waals surface area contributed by atoms with Gasteiger partial charge in [-0.1, -0.05) is 0 Å². The van der Waals surface area contributed by atoms with Gasteiger partial charge in [0.1, 0.15) is 12.7 Å². The van der Waals surface area contributed by atoms with E-state index < -0.39 is 42.2 Å². The van der Waals surface area contributed by atoms with Gasteiger partial charge in [-0.3, -0.25) is 20.0 Å². The predicted octanol–water partition coefficient (Wildman–Crippen LogP) is 2.81. The Morgan fingerprint density at radius 2 is 1.90 bits per heavy atom. The molecule has 0 radical (unpaired) electrons. The number of alkyl halides is 4. The van der Waals surface area contributed by atoms with E-state index in [9.17, 15) is 27.2 Å². The number of rotatable bonds is 6. The van der Waals surface area contributed by atoms with Crippen LogP contribution in [0.2, 0.25) is 0 Å². The average molecular weight is 436 g/mol. The van der Waals surface area contributed by atoms with E-state index in [-0.39, 0.29) is 24.5 Å². The highest BCUT2D eigenvalue weighted by Crippen LogP contribution is 2.35. The van der Waals surface area contributed by atoms with Crippen LogP contribution >= 0.6 is 0 Å². The number of hydrogen-bond donors (Lipinski definition) is 2. The Balaban J connectivity index is 1.47. The van der Waals surface area contributed by atoms with E-state index in [1.54, 1.807) is 0 Å². The molecule has 1 aromatic carbocycles. The quantitative estimate of drug-likeness (QED) is 0.579. The number of anilines is 1. The van der Waals surface area contributed by atoms with Crippen LogP contribution in [0.5, 0.6) is 0 Å². The lowest BCUT2D eigenvalue weighted by atomic mass is 10.1. The highest BCUT2D eigenvalue weighted by atomic mass is 19.4. The number of aromatic nitrogens is 4. The van der Waals surface area contributed by atoms with E-state index in [0.29, 0.717) is 11.0 Å². The molecule has 4 rings (SSSR count). The molecule has 1 saturated carbocycles. The van der Waals surface area contributed by atoms with Gasteiger partial charge in [-0.05, 0) is 30.7 Å². The van der Waals surface area contributed by atoms with Crippen molar-refractivity contribution in [3.63, 3.8) is 0 Å². The molecule has 162 valence electrons. The molecule has 1 aliphatic carbocycles. The van der Waals surface area contributed by atoms with Crippen LogP contribution in [0.15, 0.2) is 36.7 Å². The Labute approximate surface area is 172 Å². The van der Waals surface area contributed by atoms with Gasteiger partial charge in [0.25, 0.3) is 5.91 Å². The van der Waals surface area contributed by atoms with E-state index in [0.717, 1.165) is 29.2 Å². The smallest absolute Gasteiger partial charge is 0.329 e. The normalized spacial score (nSPS) is 18.1. The second-order valence-corrected chi connectivity index (χ2v) is 7.19.